The molecule has 1 N–H and O–H groups in total. The Morgan fingerprint density at radius 3 is 2.78 bits per heavy atom. The van der Waals surface area contributed by atoms with Gasteiger partial charge in [0.2, 0.25) is 0 Å². The van der Waals surface area contributed by atoms with E-state index >= 15 is 0 Å². The van der Waals surface area contributed by atoms with Crippen LogP contribution >= 0.6 is 0 Å². The highest BCUT2D eigenvalue weighted by Gasteiger charge is 2.17. The van der Waals surface area contributed by atoms with Gasteiger partial charge in [-0.25, -0.2) is 0 Å². The lowest BCUT2D eigenvalue weighted by Crippen LogP contribution is -2.49. The minimum Gasteiger partial charge on any atom is -0.369 e. The Morgan fingerprint density at radius 1 is 1.39 bits per heavy atom. The van der Waals surface area contributed by atoms with Gasteiger partial charge in [0.25, 0.3) is 0 Å². The Hall–Kier alpha value is -1.02. The summed E-state index contributed by atoms with van der Waals surface area (Å²) in [4.78, 5) is 2.50. The number of benzene rings is 1. The van der Waals surface area contributed by atoms with Gasteiger partial charge in [0.05, 0.1) is 0 Å². The fourth-order valence-electron chi connectivity index (χ4n) is 2.83. The molecule has 2 nitrogen and oxygen atoms in total. The second-order valence-corrected chi connectivity index (χ2v) is 5.69. The topological polar surface area (TPSA) is 15.3 Å². The van der Waals surface area contributed by atoms with Crippen LogP contribution in [-0.2, 0) is 6.42 Å². The van der Waals surface area contributed by atoms with Crippen LogP contribution in [0.2, 0.25) is 0 Å². The summed E-state index contributed by atoms with van der Waals surface area (Å²) in [6, 6.07) is 7.61. The van der Waals surface area contributed by atoms with Crippen molar-refractivity contribution in [3.63, 3.8) is 0 Å². The van der Waals surface area contributed by atoms with Crippen LogP contribution < -0.4 is 10.2 Å². The number of nitrogens with zero attached hydrogens (tertiary/aromatic N) is 1. The van der Waals surface area contributed by atoms with Crippen LogP contribution in [0.15, 0.2) is 18.2 Å². The van der Waals surface area contributed by atoms with Crippen molar-refractivity contribution in [2.45, 2.75) is 46.1 Å². The highest BCUT2D eigenvalue weighted by molar-refractivity contribution is 5.52. The molecule has 2 heteroatoms. The van der Waals surface area contributed by atoms with Gasteiger partial charge in [-0.3, -0.25) is 0 Å². The standard InChI is InChI=1S/C16H26N2/c1-5-14-10-15(6-7-16(14)12(2)3)18-9-8-17-13(4)11-18/h6-7,10,12-13,17H,5,8-9,11H2,1-4H3. The van der Waals surface area contributed by atoms with Crippen LogP contribution in [0.5, 0.6) is 0 Å². The third-order valence-corrected chi connectivity index (χ3v) is 3.86. The first-order chi connectivity index (χ1) is 8.61. The van der Waals surface area contributed by atoms with Crippen LogP contribution in [0.1, 0.15) is 44.7 Å². The summed E-state index contributed by atoms with van der Waals surface area (Å²) in [5, 5.41) is 3.50. The highest BCUT2D eigenvalue weighted by Crippen LogP contribution is 2.26. The second kappa shape index (κ2) is 5.75. The molecule has 0 saturated carbocycles. The van der Waals surface area contributed by atoms with E-state index in [0.29, 0.717) is 12.0 Å². The van der Waals surface area contributed by atoms with Gasteiger partial charge in [0.1, 0.15) is 0 Å². The maximum atomic E-state index is 3.50. The average molecular weight is 246 g/mol. The summed E-state index contributed by atoms with van der Waals surface area (Å²) in [5.41, 5.74) is 4.41. The number of nitrogens with one attached hydrogen (secondary N) is 1. The summed E-state index contributed by atoms with van der Waals surface area (Å²) in [6.45, 7) is 12.4. The van der Waals surface area contributed by atoms with Gasteiger partial charge >= 0.3 is 0 Å². The predicted molar refractivity (Wildman–Crippen MR) is 79.6 cm³/mol. The number of aryl methyl sites for hydroxylation is 1. The van der Waals surface area contributed by atoms with Crippen molar-refractivity contribution >= 4 is 5.69 Å². The van der Waals surface area contributed by atoms with Gasteiger partial charge in [-0.1, -0.05) is 26.8 Å². The molecule has 0 aliphatic carbocycles. The number of piperazine rings is 1. The third-order valence-electron chi connectivity index (χ3n) is 3.86. The first kappa shape index (κ1) is 13.4. The molecule has 1 fully saturated rings. The van der Waals surface area contributed by atoms with Gasteiger partial charge in [-0.15, -0.1) is 0 Å². The van der Waals surface area contributed by atoms with Crippen molar-refractivity contribution in [2.75, 3.05) is 24.5 Å². The lowest BCUT2D eigenvalue weighted by Gasteiger charge is -2.34. The van der Waals surface area contributed by atoms with E-state index < -0.39 is 0 Å². The van der Waals surface area contributed by atoms with Gasteiger partial charge in [0, 0.05) is 31.4 Å². The molecule has 1 unspecified atom stereocenters. The summed E-state index contributed by atoms with van der Waals surface area (Å²) in [5.74, 6) is 0.621. The minimum absolute atomic E-state index is 0.591. The maximum absolute atomic E-state index is 3.50. The fourth-order valence-corrected chi connectivity index (χ4v) is 2.83. The molecular weight excluding hydrogens is 220 g/mol. The molecule has 1 atom stereocenters. The molecule has 2 rings (SSSR count). The van der Waals surface area contributed by atoms with E-state index in [1.807, 2.05) is 0 Å². The lowest BCUT2D eigenvalue weighted by molar-refractivity contribution is 0.484. The van der Waals surface area contributed by atoms with Gasteiger partial charge < -0.3 is 10.2 Å². The molecule has 1 aromatic rings. The molecule has 0 bridgehead atoms. The van der Waals surface area contributed by atoms with Gasteiger partial charge in [0.15, 0.2) is 0 Å². The van der Waals surface area contributed by atoms with E-state index in [1.165, 1.54) is 16.8 Å². The second-order valence-electron chi connectivity index (χ2n) is 5.69. The van der Waals surface area contributed by atoms with Gasteiger partial charge in [-0.05, 0) is 42.5 Å². The van der Waals surface area contributed by atoms with Gasteiger partial charge in [-0.2, -0.15) is 0 Å². The van der Waals surface area contributed by atoms with E-state index in [2.05, 4.69) is 56.1 Å². The monoisotopic (exact) mass is 246 g/mol. The highest BCUT2D eigenvalue weighted by atomic mass is 15.2. The maximum Gasteiger partial charge on any atom is 0.0370 e. The Bertz CT molecular complexity index is 398. The molecule has 1 saturated heterocycles. The quantitative estimate of drug-likeness (QED) is 0.881. The van der Waals surface area contributed by atoms with Crippen LogP contribution in [0, 0.1) is 0 Å². The SMILES string of the molecule is CCc1cc(N2CCNC(C)C2)ccc1C(C)C. The first-order valence-electron chi connectivity index (χ1n) is 7.23. The molecule has 1 heterocycles. The lowest BCUT2D eigenvalue weighted by atomic mass is 9.95. The summed E-state index contributed by atoms with van der Waals surface area (Å²) in [6.07, 6.45) is 1.13. The van der Waals surface area contributed by atoms with Crippen molar-refractivity contribution in [1.82, 2.24) is 5.32 Å². The zero-order chi connectivity index (χ0) is 13.1. The van der Waals surface area contributed by atoms with E-state index in [0.717, 1.165) is 26.1 Å². The fraction of sp³-hybridized carbons (Fsp3) is 0.625. The predicted octanol–water partition coefficient (Wildman–Crippen LogP) is 3.17. The zero-order valence-corrected chi connectivity index (χ0v) is 12.2. The van der Waals surface area contributed by atoms with Crippen LogP contribution in [0.25, 0.3) is 0 Å². The molecule has 0 spiro atoms. The molecule has 18 heavy (non-hydrogen) atoms. The molecule has 0 amide bonds. The molecule has 0 radical (unpaired) electrons. The summed E-state index contributed by atoms with van der Waals surface area (Å²) < 4.78 is 0. The molecule has 100 valence electrons. The van der Waals surface area contributed by atoms with Crippen molar-refractivity contribution in [3.8, 4) is 0 Å². The van der Waals surface area contributed by atoms with E-state index in [9.17, 15) is 0 Å². The van der Waals surface area contributed by atoms with Crippen LogP contribution in [0.3, 0.4) is 0 Å². The summed E-state index contributed by atoms with van der Waals surface area (Å²) >= 11 is 0. The Kier molecular flexibility index (Phi) is 4.28. The van der Waals surface area contributed by atoms with Crippen molar-refractivity contribution < 1.29 is 0 Å². The smallest absolute Gasteiger partial charge is 0.0370 e. The van der Waals surface area contributed by atoms with Crippen LogP contribution in [-0.4, -0.2) is 25.7 Å². The van der Waals surface area contributed by atoms with Crippen molar-refractivity contribution in [1.29, 1.82) is 0 Å². The molecule has 1 aliphatic rings. The van der Waals surface area contributed by atoms with E-state index in [4.69, 9.17) is 0 Å². The normalized spacial score (nSPS) is 20.5. The number of hydrogen-bond donors (Lipinski definition) is 1. The third kappa shape index (κ3) is 2.86. The Morgan fingerprint density at radius 2 is 2.17 bits per heavy atom. The molecule has 0 aromatic heterocycles. The Balaban J connectivity index is 2.23. The summed E-state index contributed by atoms with van der Waals surface area (Å²) in [7, 11) is 0. The van der Waals surface area contributed by atoms with Crippen molar-refractivity contribution in [2.24, 2.45) is 0 Å². The van der Waals surface area contributed by atoms with E-state index in [1.54, 1.807) is 0 Å². The minimum atomic E-state index is 0.591. The zero-order valence-electron chi connectivity index (χ0n) is 12.2. The number of hydrogen-bond acceptors (Lipinski definition) is 2. The Labute approximate surface area is 111 Å². The first-order valence-corrected chi connectivity index (χ1v) is 7.23. The number of anilines is 1. The van der Waals surface area contributed by atoms with E-state index in [-0.39, 0.29) is 0 Å². The molecule has 1 aliphatic heterocycles. The molecule has 1 aromatic carbocycles. The average Bonchev–Trinajstić information content (AvgIpc) is 2.37. The van der Waals surface area contributed by atoms with Crippen molar-refractivity contribution in [3.05, 3.63) is 29.3 Å². The number of rotatable bonds is 3. The largest absolute Gasteiger partial charge is 0.369 e. The molecular formula is C16H26N2. The van der Waals surface area contributed by atoms with Crippen LogP contribution in [0.4, 0.5) is 5.69 Å².